The first-order valence-electron chi connectivity index (χ1n) is 9.40. The quantitative estimate of drug-likeness (QED) is 0.356. The molecule has 3 nitrogen and oxygen atoms in total. The Kier molecular flexibility index (Phi) is 17.8. The van der Waals surface area contributed by atoms with Crippen molar-refractivity contribution in [2.75, 3.05) is 19.6 Å². The van der Waals surface area contributed by atoms with Crippen LogP contribution in [0.5, 0.6) is 0 Å². The van der Waals surface area contributed by atoms with Gasteiger partial charge < -0.3 is 16.2 Å². The van der Waals surface area contributed by atoms with Gasteiger partial charge in [0.05, 0.1) is 6.10 Å². The molecular formula is C18H40N2O. The van der Waals surface area contributed by atoms with Crippen molar-refractivity contribution in [3.8, 4) is 0 Å². The molecule has 3 heteroatoms. The molecule has 0 aromatic heterocycles. The fraction of sp³-hybridized carbons (Fsp3) is 1.00. The summed E-state index contributed by atoms with van der Waals surface area (Å²) in [6.07, 6.45) is 17.1. The lowest BCUT2D eigenvalue weighted by atomic mass is 10.0. The Morgan fingerprint density at radius 1 is 0.810 bits per heavy atom. The maximum atomic E-state index is 9.73. The van der Waals surface area contributed by atoms with E-state index in [0.717, 1.165) is 19.4 Å². The van der Waals surface area contributed by atoms with Crippen molar-refractivity contribution in [2.45, 2.75) is 96.5 Å². The molecular weight excluding hydrogens is 260 g/mol. The van der Waals surface area contributed by atoms with Gasteiger partial charge in [0.2, 0.25) is 0 Å². The minimum absolute atomic E-state index is 0.195. The summed E-state index contributed by atoms with van der Waals surface area (Å²) in [6.45, 7) is 4.41. The molecule has 0 saturated carbocycles. The van der Waals surface area contributed by atoms with Gasteiger partial charge in [-0.1, -0.05) is 84.0 Å². The summed E-state index contributed by atoms with van der Waals surface area (Å²) in [5.41, 5.74) is 5.39. The molecule has 0 heterocycles. The van der Waals surface area contributed by atoms with Gasteiger partial charge in [-0.05, 0) is 6.42 Å². The van der Waals surface area contributed by atoms with E-state index in [0.29, 0.717) is 13.1 Å². The normalized spacial score (nSPS) is 12.7. The van der Waals surface area contributed by atoms with Gasteiger partial charge in [-0.2, -0.15) is 0 Å². The molecule has 128 valence electrons. The molecule has 0 fully saturated rings. The van der Waals surface area contributed by atoms with Crippen LogP contribution < -0.4 is 11.1 Å². The summed E-state index contributed by atoms with van der Waals surface area (Å²) in [5.74, 6) is 0. The van der Waals surface area contributed by atoms with Gasteiger partial charge in [-0.3, -0.25) is 0 Å². The Morgan fingerprint density at radius 3 is 1.76 bits per heavy atom. The van der Waals surface area contributed by atoms with Crippen LogP contribution in [0.25, 0.3) is 0 Å². The third-order valence-corrected chi connectivity index (χ3v) is 4.09. The first kappa shape index (κ1) is 20.9. The number of hydrogen-bond acceptors (Lipinski definition) is 3. The molecule has 1 unspecified atom stereocenters. The number of nitrogens with two attached hydrogens (primary N) is 1. The summed E-state index contributed by atoms with van der Waals surface area (Å²) in [5, 5.41) is 12.9. The van der Waals surface area contributed by atoms with Crippen LogP contribution in [-0.4, -0.2) is 30.8 Å². The predicted molar refractivity (Wildman–Crippen MR) is 93.6 cm³/mol. The zero-order valence-corrected chi connectivity index (χ0v) is 14.4. The highest BCUT2D eigenvalue weighted by molar-refractivity contribution is 4.60. The molecule has 0 aliphatic rings. The molecule has 0 aliphatic carbocycles. The predicted octanol–water partition coefficient (Wildman–Crippen LogP) is 3.99. The lowest BCUT2D eigenvalue weighted by Gasteiger charge is -2.11. The third kappa shape index (κ3) is 17.8. The SMILES string of the molecule is CCCCCCCCCCCCCCC(O)CNCCN. The first-order valence-corrected chi connectivity index (χ1v) is 9.40. The number of nitrogens with one attached hydrogen (secondary N) is 1. The average Bonchev–Trinajstić information content (AvgIpc) is 2.48. The molecule has 0 saturated heterocycles. The van der Waals surface area contributed by atoms with E-state index in [2.05, 4.69) is 12.2 Å². The van der Waals surface area contributed by atoms with Crippen LogP contribution >= 0.6 is 0 Å². The minimum Gasteiger partial charge on any atom is -0.392 e. The molecule has 0 aromatic carbocycles. The zero-order valence-electron chi connectivity index (χ0n) is 14.4. The van der Waals surface area contributed by atoms with Crippen LogP contribution in [0.3, 0.4) is 0 Å². The number of hydrogen-bond donors (Lipinski definition) is 3. The molecule has 0 bridgehead atoms. The first-order chi connectivity index (χ1) is 10.3. The maximum absolute atomic E-state index is 9.73. The molecule has 1 atom stereocenters. The number of unbranched alkanes of at least 4 members (excludes halogenated alkanes) is 11. The topological polar surface area (TPSA) is 58.3 Å². The van der Waals surface area contributed by atoms with Crippen molar-refractivity contribution in [1.29, 1.82) is 0 Å². The molecule has 0 radical (unpaired) electrons. The van der Waals surface area contributed by atoms with Gasteiger partial charge in [0.15, 0.2) is 0 Å². The smallest absolute Gasteiger partial charge is 0.0664 e. The zero-order chi connectivity index (χ0) is 15.6. The number of aliphatic hydroxyl groups excluding tert-OH is 1. The van der Waals surface area contributed by atoms with Gasteiger partial charge in [-0.25, -0.2) is 0 Å². The lowest BCUT2D eigenvalue weighted by Crippen LogP contribution is -2.30. The Bertz CT molecular complexity index is 188. The van der Waals surface area contributed by atoms with Crippen molar-refractivity contribution in [2.24, 2.45) is 5.73 Å². The fourth-order valence-corrected chi connectivity index (χ4v) is 2.69. The Morgan fingerprint density at radius 2 is 1.29 bits per heavy atom. The highest BCUT2D eigenvalue weighted by atomic mass is 16.3. The van der Waals surface area contributed by atoms with Crippen LogP contribution in [0.15, 0.2) is 0 Å². The lowest BCUT2D eigenvalue weighted by molar-refractivity contribution is 0.158. The molecule has 0 rings (SSSR count). The average molecular weight is 301 g/mol. The van der Waals surface area contributed by atoms with E-state index in [4.69, 9.17) is 5.73 Å². The highest BCUT2D eigenvalue weighted by Gasteiger charge is 2.02. The summed E-state index contributed by atoms with van der Waals surface area (Å²) >= 11 is 0. The fourth-order valence-electron chi connectivity index (χ4n) is 2.69. The summed E-state index contributed by atoms with van der Waals surface area (Å²) in [4.78, 5) is 0. The van der Waals surface area contributed by atoms with E-state index in [1.165, 1.54) is 70.6 Å². The molecule has 0 aliphatic heterocycles. The van der Waals surface area contributed by atoms with Crippen molar-refractivity contribution in [3.63, 3.8) is 0 Å². The number of rotatable bonds is 17. The van der Waals surface area contributed by atoms with Crippen molar-refractivity contribution >= 4 is 0 Å². The largest absolute Gasteiger partial charge is 0.392 e. The van der Waals surface area contributed by atoms with Crippen LogP contribution in [0.4, 0.5) is 0 Å². The second-order valence-corrected chi connectivity index (χ2v) is 6.32. The molecule has 0 amide bonds. The molecule has 0 aromatic rings. The second-order valence-electron chi connectivity index (χ2n) is 6.32. The summed E-state index contributed by atoms with van der Waals surface area (Å²) in [7, 11) is 0. The van der Waals surface area contributed by atoms with Crippen molar-refractivity contribution in [1.82, 2.24) is 5.32 Å². The van der Waals surface area contributed by atoms with E-state index < -0.39 is 0 Å². The third-order valence-electron chi connectivity index (χ3n) is 4.09. The Balaban J connectivity index is 3.05. The highest BCUT2D eigenvalue weighted by Crippen LogP contribution is 2.12. The van der Waals surface area contributed by atoms with Crippen LogP contribution in [0, 0.1) is 0 Å². The van der Waals surface area contributed by atoms with E-state index in [1.807, 2.05) is 0 Å². The van der Waals surface area contributed by atoms with E-state index in [-0.39, 0.29) is 6.10 Å². The van der Waals surface area contributed by atoms with Crippen LogP contribution in [0.2, 0.25) is 0 Å². The summed E-state index contributed by atoms with van der Waals surface area (Å²) < 4.78 is 0. The molecule has 21 heavy (non-hydrogen) atoms. The van der Waals surface area contributed by atoms with E-state index in [1.54, 1.807) is 0 Å². The standard InChI is InChI=1S/C18H40N2O/c1-2-3-4-5-6-7-8-9-10-11-12-13-14-18(21)17-20-16-15-19/h18,20-21H,2-17,19H2,1H3. The summed E-state index contributed by atoms with van der Waals surface area (Å²) in [6, 6.07) is 0. The van der Waals surface area contributed by atoms with Gasteiger partial charge in [0.1, 0.15) is 0 Å². The Labute approximate surface area is 133 Å². The molecule has 0 spiro atoms. The molecule has 4 N–H and O–H groups in total. The second kappa shape index (κ2) is 17.9. The monoisotopic (exact) mass is 300 g/mol. The number of aliphatic hydroxyl groups is 1. The van der Waals surface area contributed by atoms with Crippen LogP contribution in [-0.2, 0) is 0 Å². The van der Waals surface area contributed by atoms with Gasteiger partial charge in [0, 0.05) is 19.6 Å². The Hall–Kier alpha value is -0.120. The minimum atomic E-state index is -0.195. The van der Waals surface area contributed by atoms with E-state index in [9.17, 15) is 5.11 Å². The van der Waals surface area contributed by atoms with Gasteiger partial charge in [0.25, 0.3) is 0 Å². The van der Waals surface area contributed by atoms with Crippen molar-refractivity contribution < 1.29 is 5.11 Å². The van der Waals surface area contributed by atoms with Crippen molar-refractivity contribution in [3.05, 3.63) is 0 Å². The van der Waals surface area contributed by atoms with Crippen LogP contribution in [0.1, 0.15) is 90.4 Å². The van der Waals surface area contributed by atoms with Gasteiger partial charge >= 0.3 is 0 Å². The van der Waals surface area contributed by atoms with Gasteiger partial charge in [-0.15, -0.1) is 0 Å². The maximum Gasteiger partial charge on any atom is 0.0664 e. The van der Waals surface area contributed by atoms with E-state index >= 15 is 0 Å².